The number of nitro benzene ring substituents is 1. The SMILES string of the molecule is C[C@@H]1[C@H](C)CCC[C@@H]1NC(=O)[C@@H](C)OC(=O)/C=C/c1ccc([N+](=O)[O-])cc1. The normalized spacial score (nSPS) is 23.6. The molecule has 0 unspecified atom stereocenters. The number of nitrogens with one attached hydrogen (secondary N) is 1. The second-order valence-corrected chi connectivity index (χ2v) is 7.14. The lowest BCUT2D eigenvalue weighted by atomic mass is 9.78. The average molecular weight is 374 g/mol. The van der Waals surface area contributed by atoms with Crippen LogP contribution in [0.5, 0.6) is 0 Å². The molecule has 1 aromatic carbocycles. The Balaban J connectivity index is 1.85. The molecule has 0 spiro atoms. The molecule has 0 aliphatic heterocycles. The quantitative estimate of drug-likeness (QED) is 0.356. The van der Waals surface area contributed by atoms with Gasteiger partial charge in [-0.15, -0.1) is 0 Å². The first-order chi connectivity index (χ1) is 12.8. The van der Waals surface area contributed by atoms with Crippen LogP contribution in [0, 0.1) is 22.0 Å². The Morgan fingerprint density at radius 3 is 2.56 bits per heavy atom. The molecule has 0 aromatic heterocycles. The summed E-state index contributed by atoms with van der Waals surface area (Å²) in [6.07, 6.45) is 5.01. The Hall–Kier alpha value is -2.70. The third kappa shape index (κ3) is 5.91. The molecule has 1 N–H and O–H groups in total. The molecular weight excluding hydrogens is 348 g/mol. The number of benzene rings is 1. The number of hydrogen-bond donors (Lipinski definition) is 1. The zero-order chi connectivity index (χ0) is 20.0. The van der Waals surface area contributed by atoms with Gasteiger partial charge in [-0.3, -0.25) is 14.9 Å². The van der Waals surface area contributed by atoms with Crippen molar-refractivity contribution in [2.45, 2.75) is 52.2 Å². The summed E-state index contributed by atoms with van der Waals surface area (Å²) in [6.45, 7) is 5.87. The van der Waals surface area contributed by atoms with Gasteiger partial charge in [0.1, 0.15) is 0 Å². The van der Waals surface area contributed by atoms with Gasteiger partial charge in [0.25, 0.3) is 11.6 Å². The van der Waals surface area contributed by atoms with Gasteiger partial charge >= 0.3 is 5.97 Å². The van der Waals surface area contributed by atoms with Gasteiger partial charge in [-0.1, -0.05) is 26.7 Å². The molecule has 146 valence electrons. The summed E-state index contributed by atoms with van der Waals surface area (Å²) < 4.78 is 5.15. The molecule has 0 saturated heterocycles. The third-order valence-corrected chi connectivity index (χ3v) is 5.21. The predicted octanol–water partition coefficient (Wildman–Crippen LogP) is 3.48. The summed E-state index contributed by atoms with van der Waals surface area (Å²) >= 11 is 0. The van der Waals surface area contributed by atoms with Crippen molar-refractivity contribution >= 4 is 23.6 Å². The fourth-order valence-electron chi connectivity index (χ4n) is 3.22. The number of nitro groups is 1. The molecule has 27 heavy (non-hydrogen) atoms. The van der Waals surface area contributed by atoms with E-state index >= 15 is 0 Å². The Kier molecular flexibility index (Phi) is 7.10. The minimum atomic E-state index is -0.886. The molecule has 1 saturated carbocycles. The van der Waals surface area contributed by atoms with Gasteiger partial charge in [-0.2, -0.15) is 0 Å². The van der Waals surface area contributed by atoms with Crippen LogP contribution < -0.4 is 5.32 Å². The highest BCUT2D eigenvalue weighted by Gasteiger charge is 2.29. The summed E-state index contributed by atoms with van der Waals surface area (Å²) in [5, 5.41) is 13.6. The van der Waals surface area contributed by atoms with Crippen LogP contribution in [0.25, 0.3) is 6.08 Å². The van der Waals surface area contributed by atoms with Crippen LogP contribution in [-0.2, 0) is 14.3 Å². The molecule has 0 radical (unpaired) electrons. The lowest BCUT2D eigenvalue weighted by Crippen LogP contribution is -2.47. The number of ether oxygens (including phenoxy) is 1. The van der Waals surface area contributed by atoms with Gasteiger partial charge in [0.2, 0.25) is 0 Å². The van der Waals surface area contributed by atoms with Crippen LogP contribution in [0.2, 0.25) is 0 Å². The molecule has 1 aliphatic rings. The fourth-order valence-corrected chi connectivity index (χ4v) is 3.22. The molecule has 2 rings (SSSR count). The second-order valence-electron chi connectivity index (χ2n) is 7.14. The summed E-state index contributed by atoms with van der Waals surface area (Å²) in [7, 11) is 0. The smallest absolute Gasteiger partial charge is 0.331 e. The number of amides is 1. The Bertz CT molecular complexity index is 714. The highest BCUT2D eigenvalue weighted by molar-refractivity contribution is 5.90. The highest BCUT2D eigenvalue weighted by Crippen LogP contribution is 2.29. The zero-order valence-corrected chi connectivity index (χ0v) is 15.9. The van der Waals surface area contributed by atoms with E-state index in [1.54, 1.807) is 6.92 Å². The maximum absolute atomic E-state index is 12.3. The Morgan fingerprint density at radius 1 is 1.26 bits per heavy atom. The van der Waals surface area contributed by atoms with Crippen molar-refractivity contribution in [2.24, 2.45) is 11.8 Å². The summed E-state index contributed by atoms with van der Waals surface area (Å²) in [5.74, 6) is 0.0262. The molecule has 0 bridgehead atoms. The van der Waals surface area contributed by atoms with Crippen LogP contribution in [0.1, 0.15) is 45.6 Å². The largest absolute Gasteiger partial charge is 0.449 e. The number of non-ortho nitro benzene ring substituents is 1. The fraction of sp³-hybridized carbons (Fsp3) is 0.500. The molecule has 1 amide bonds. The first-order valence-corrected chi connectivity index (χ1v) is 9.21. The standard InChI is InChI=1S/C20H26N2O5/c1-13-5-4-6-18(14(13)2)21-20(24)15(3)27-19(23)12-9-16-7-10-17(11-8-16)22(25)26/h7-15,18H,4-6H2,1-3H3,(H,21,24)/b12-9+/t13-,14-,15-,18+/m1/s1. The van der Waals surface area contributed by atoms with Crippen LogP contribution >= 0.6 is 0 Å². The minimum Gasteiger partial charge on any atom is -0.449 e. The summed E-state index contributed by atoms with van der Waals surface area (Å²) in [4.78, 5) is 34.3. The molecule has 7 heteroatoms. The Morgan fingerprint density at radius 2 is 1.93 bits per heavy atom. The topological polar surface area (TPSA) is 98.5 Å². The van der Waals surface area contributed by atoms with E-state index in [0.717, 1.165) is 12.8 Å². The maximum Gasteiger partial charge on any atom is 0.331 e. The van der Waals surface area contributed by atoms with E-state index in [4.69, 9.17) is 4.74 Å². The van der Waals surface area contributed by atoms with Crippen molar-refractivity contribution < 1.29 is 19.2 Å². The maximum atomic E-state index is 12.3. The molecule has 1 aliphatic carbocycles. The van der Waals surface area contributed by atoms with Crippen molar-refractivity contribution in [3.63, 3.8) is 0 Å². The summed E-state index contributed by atoms with van der Waals surface area (Å²) in [6, 6.07) is 5.88. The third-order valence-electron chi connectivity index (χ3n) is 5.21. The van der Waals surface area contributed by atoms with Crippen LogP contribution in [0.3, 0.4) is 0 Å². The van der Waals surface area contributed by atoms with Gasteiger partial charge in [0.05, 0.1) is 4.92 Å². The number of hydrogen-bond acceptors (Lipinski definition) is 5. The molecular formula is C20H26N2O5. The van der Waals surface area contributed by atoms with Crippen molar-refractivity contribution in [2.75, 3.05) is 0 Å². The molecule has 1 fully saturated rings. The van der Waals surface area contributed by atoms with E-state index in [1.165, 1.54) is 42.8 Å². The van der Waals surface area contributed by atoms with Gasteiger partial charge in [0.15, 0.2) is 6.10 Å². The van der Waals surface area contributed by atoms with Crippen molar-refractivity contribution in [3.8, 4) is 0 Å². The van der Waals surface area contributed by atoms with Crippen molar-refractivity contribution in [1.82, 2.24) is 5.32 Å². The number of nitrogens with zero attached hydrogens (tertiary/aromatic N) is 1. The minimum absolute atomic E-state index is 0.0220. The van der Waals surface area contributed by atoms with E-state index in [-0.39, 0.29) is 17.6 Å². The van der Waals surface area contributed by atoms with Gasteiger partial charge < -0.3 is 10.1 Å². The first kappa shape index (κ1) is 20.6. The number of rotatable bonds is 6. The lowest BCUT2D eigenvalue weighted by Gasteiger charge is -2.35. The molecule has 0 heterocycles. The molecule has 7 nitrogen and oxygen atoms in total. The molecule has 4 atom stereocenters. The first-order valence-electron chi connectivity index (χ1n) is 9.21. The highest BCUT2D eigenvalue weighted by atomic mass is 16.6. The van der Waals surface area contributed by atoms with Crippen molar-refractivity contribution in [3.05, 3.63) is 46.0 Å². The number of carbonyl (C=O) groups is 2. The number of esters is 1. The Labute approximate surface area is 158 Å². The van der Waals surface area contributed by atoms with Crippen molar-refractivity contribution in [1.29, 1.82) is 0 Å². The van der Waals surface area contributed by atoms with E-state index in [9.17, 15) is 19.7 Å². The van der Waals surface area contributed by atoms with Gasteiger partial charge in [0, 0.05) is 24.3 Å². The van der Waals surface area contributed by atoms with Crippen LogP contribution in [-0.4, -0.2) is 28.9 Å². The van der Waals surface area contributed by atoms with Gasteiger partial charge in [-0.05, 0) is 49.0 Å². The lowest BCUT2D eigenvalue weighted by molar-refractivity contribution is -0.384. The monoisotopic (exact) mass is 374 g/mol. The average Bonchev–Trinajstić information content (AvgIpc) is 2.64. The van der Waals surface area contributed by atoms with E-state index in [0.29, 0.717) is 17.4 Å². The van der Waals surface area contributed by atoms with Crippen LogP contribution in [0.15, 0.2) is 30.3 Å². The summed E-state index contributed by atoms with van der Waals surface area (Å²) in [5.41, 5.74) is 0.603. The van der Waals surface area contributed by atoms with E-state index in [1.807, 2.05) is 0 Å². The predicted molar refractivity (Wildman–Crippen MR) is 102 cm³/mol. The van der Waals surface area contributed by atoms with E-state index in [2.05, 4.69) is 19.2 Å². The zero-order valence-electron chi connectivity index (χ0n) is 15.9. The van der Waals surface area contributed by atoms with Crippen LogP contribution in [0.4, 0.5) is 5.69 Å². The second kappa shape index (κ2) is 9.30. The molecule has 1 aromatic rings. The van der Waals surface area contributed by atoms with Gasteiger partial charge in [-0.25, -0.2) is 4.79 Å². The number of carbonyl (C=O) groups excluding carboxylic acids is 2. The van der Waals surface area contributed by atoms with E-state index < -0.39 is 17.0 Å².